The Kier molecular flexibility index (Phi) is 4.28. The first-order valence-electron chi connectivity index (χ1n) is 7.21. The monoisotopic (exact) mass is 358 g/mol. The van der Waals surface area contributed by atoms with Crippen LogP contribution in [0.1, 0.15) is 25.6 Å². The second kappa shape index (κ2) is 6.40. The molecule has 0 saturated heterocycles. The number of esters is 1. The van der Waals surface area contributed by atoms with Crippen LogP contribution >= 0.6 is 11.3 Å². The molecule has 2 aromatic heterocycles. The van der Waals surface area contributed by atoms with Crippen molar-refractivity contribution in [1.29, 1.82) is 5.41 Å². The van der Waals surface area contributed by atoms with Gasteiger partial charge in [-0.2, -0.15) is 0 Å². The standard InChI is InChI=1S/C17H14N2O5S/c1-8-6-11(17(22)23-2)16(25-8)19-15(21)10-7-9-4-3-5-12(20)13(9)24-14(10)18/h3-7,18,20H,1-2H3,(H,19,21). The van der Waals surface area contributed by atoms with Gasteiger partial charge in [0.2, 0.25) is 5.55 Å². The highest BCUT2D eigenvalue weighted by Crippen LogP contribution is 2.29. The van der Waals surface area contributed by atoms with Gasteiger partial charge in [0.1, 0.15) is 10.6 Å². The number of ether oxygens (including phenoxy) is 1. The Balaban J connectivity index is 2.00. The molecule has 1 aromatic carbocycles. The summed E-state index contributed by atoms with van der Waals surface area (Å²) < 4.78 is 9.96. The van der Waals surface area contributed by atoms with Crippen LogP contribution < -0.4 is 10.9 Å². The number of carbonyl (C=O) groups is 2. The molecule has 2 heterocycles. The third-order valence-electron chi connectivity index (χ3n) is 3.51. The second-order valence-corrected chi connectivity index (χ2v) is 6.49. The van der Waals surface area contributed by atoms with E-state index in [2.05, 4.69) is 5.32 Å². The molecular weight excluding hydrogens is 344 g/mol. The molecule has 0 saturated carbocycles. The molecular formula is C17H14N2O5S. The lowest BCUT2D eigenvalue weighted by Gasteiger charge is -2.07. The van der Waals surface area contributed by atoms with E-state index >= 15 is 0 Å². The number of amides is 1. The highest BCUT2D eigenvalue weighted by molar-refractivity contribution is 7.16. The van der Waals surface area contributed by atoms with Gasteiger partial charge in [-0.15, -0.1) is 11.3 Å². The van der Waals surface area contributed by atoms with Crippen molar-refractivity contribution in [2.24, 2.45) is 0 Å². The average Bonchev–Trinajstić information content (AvgIpc) is 2.94. The molecule has 128 valence electrons. The van der Waals surface area contributed by atoms with Crippen LogP contribution in [0.3, 0.4) is 0 Å². The Morgan fingerprint density at radius 3 is 2.76 bits per heavy atom. The van der Waals surface area contributed by atoms with Crippen LogP contribution in [0, 0.1) is 12.3 Å². The summed E-state index contributed by atoms with van der Waals surface area (Å²) in [5.41, 5.74) is -0.0223. The topological polar surface area (TPSA) is 113 Å². The number of benzene rings is 1. The largest absolute Gasteiger partial charge is 0.504 e. The van der Waals surface area contributed by atoms with Crippen molar-refractivity contribution in [3.63, 3.8) is 0 Å². The van der Waals surface area contributed by atoms with E-state index in [9.17, 15) is 14.7 Å². The Morgan fingerprint density at radius 1 is 1.28 bits per heavy atom. The molecule has 0 bridgehead atoms. The fraction of sp³-hybridized carbons (Fsp3) is 0.118. The van der Waals surface area contributed by atoms with E-state index in [0.717, 1.165) is 4.88 Å². The van der Waals surface area contributed by atoms with Gasteiger partial charge in [0.05, 0.1) is 12.7 Å². The minimum absolute atomic E-state index is 0.0139. The van der Waals surface area contributed by atoms with Crippen LogP contribution in [-0.4, -0.2) is 24.1 Å². The Morgan fingerprint density at radius 2 is 2.04 bits per heavy atom. The quantitative estimate of drug-likeness (QED) is 0.623. The lowest BCUT2D eigenvalue weighted by atomic mass is 10.1. The number of nitrogens with one attached hydrogen (secondary N) is 2. The number of aryl methyl sites for hydroxylation is 1. The minimum atomic E-state index is -0.592. The number of phenols is 1. The summed E-state index contributed by atoms with van der Waals surface area (Å²) in [5, 5.41) is 21.1. The molecule has 0 fully saturated rings. The maximum Gasteiger partial charge on any atom is 0.340 e. The highest BCUT2D eigenvalue weighted by atomic mass is 32.1. The SMILES string of the molecule is COC(=O)c1cc(C)sc1NC(=O)c1cc2cccc(O)c2oc1=N. The number of thiophene rings is 1. The molecule has 0 unspecified atom stereocenters. The van der Waals surface area contributed by atoms with Crippen molar-refractivity contribution in [2.75, 3.05) is 12.4 Å². The predicted molar refractivity (Wildman–Crippen MR) is 92.1 cm³/mol. The first-order chi connectivity index (χ1) is 11.9. The van der Waals surface area contributed by atoms with Gasteiger partial charge >= 0.3 is 5.97 Å². The van der Waals surface area contributed by atoms with Gasteiger partial charge < -0.3 is 19.6 Å². The third-order valence-corrected chi connectivity index (χ3v) is 4.47. The molecule has 3 N–H and O–H groups in total. The van der Waals surface area contributed by atoms with Gasteiger partial charge in [0.25, 0.3) is 5.91 Å². The molecule has 25 heavy (non-hydrogen) atoms. The molecule has 3 aromatic rings. The van der Waals surface area contributed by atoms with Gasteiger partial charge in [-0.3, -0.25) is 10.2 Å². The molecule has 7 nitrogen and oxygen atoms in total. The fourth-order valence-corrected chi connectivity index (χ4v) is 3.25. The van der Waals surface area contributed by atoms with Crippen molar-refractivity contribution >= 4 is 39.2 Å². The van der Waals surface area contributed by atoms with Crippen LogP contribution in [0.2, 0.25) is 0 Å². The van der Waals surface area contributed by atoms with Gasteiger partial charge in [-0.25, -0.2) is 4.79 Å². The number of hydrogen-bond acceptors (Lipinski definition) is 7. The Bertz CT molecular complexity index is 1050. The summed E-state index contributed by atoms with van der Waals surface area (Å²) in [6.07, 6.45) is 0. The van der Waals surface area contributed by atoms with Crippen molar-refractivity contribution in [3.05, 3.63) is 51.9 Å². The van der Waals surface area contributed by atoms with Crippen LogP contribution in [0.5, 0.6) is 5.75 Å². The normalized spacial score (nSPS) is 10.6. The zero-order valence-corrected chi connectivity index (χ0v) is 14.2. The smallest absolute Gasteiger partial charge is 0.340 e. The number of fused-ring (bicyclic) bond motifs is 1. The summed E-state index contributed by atoms with van der Waals surface area (Å²) >= 11 is 1.23. The first kappa shape index (κ1) is 16.7. The molecule has 8 heteroatoms. The van der Waals surface area contributed by atoms with Gasteiger partial charge in [-0.1, -0.05) is 12.1 Å². The summed E-state index contributed by atoms with van der Waals surface area (Å²) in [6.45, 7) is 1.80. The van der Waals surface area contributed by atoms with Crippen LogP contribution in [0.4, 0.5) is 5.00 Å². The molecule has 3 rings (SSSR count). The summed E-state index contributed by atoms with van der Waals surface area (Å²) in [7, 11) is 1.26. The van der Waals surface area contributed by atoms with E-state index in [-0.39, 0.29) is 28.0 Å². The molecule has 1 amide bonds. The lowest BCUT2D eigenvalue weighted by Crippen LogP contribution is -2.21. The van der Waals surface area contributed by atoms with Crippen LogP contribution in [-0.2, 0) is 4.74 Å². The highest BCUT2D eigenvalue weighted by Gasteiger charge is 2.20. The first-order valence-corrected chi connectivity index (χ1v) is 8.03. The van der Waals surface area contributed by atoms with Crippen molar-refractivity contribution in [3.8, 4) is 5.75 Å². The summed E-state index contributed by atoms with van der Waals surface area (Å²) in [4.78, 5) is 25.2. The Hall–Kier alpha value is -3.13. The maximum absolute atomic E-state index is 12.5. The summed E-state index contributed by atoms with van der Waals surface area (Å²) in [5.74, 6) is -1.26. The van der Waals surface area contributed by atoms with Crippen molar-refractivity contribution in [1.82, 2.24) is 0 Å². The van der Waals surface area contributed by atoms with Crippen LogP contribution in [0.25, 0.3) is 11.0 Å². The molecule has 0 aliphatic rings. The Labute approximate surface area is 146 Å². The fourth-order valence-electron chi connectivity index (χ4n) is 2.35. The zero-order valence-electron chi connectivity index (χ0n) is 13.4. The van der Waals surface area contributed by atoms with Gasteiger partial charge in [-0.05, 0) is 25.1 Å². The molecule has 0 aliphatic carbocycles. The second-order valence-electron chi connectivity index (χ2n) is 5.23. The van der Waals surface area contributed by atoms with Crippen molar-refractivity contribution < 1.29 is 23.8 Å². The van der Waals surface area contributed by atoms with Gasteiger partial charge in [0.15, 0.2) is 11.3 Å². The predicted octanol–water partition coefficient (Wildman–Crippen LogP) is 3.03. The molecule has 0 spiro atoms. The third kappa shape index (κ3) is 3.11. The van der Waals surface area contributed by atoms with E-state index in [1.807, 2.05) is 0 Å². The number of rotatable bonds is 3. The van der Waals surface area contributed by atoms with Crippen LogP contribution in [0.15, 0.2) is 34.7 Å². The van der Waals surface area contributed by atoms with E-state index in [4.69, 9.17) is 14.6 Å². The molecule has 0 radical (unpaired) electrons. The molecule has 0 atom stereocenters. The maximum atomic E-state index is 12.5. The number of aromatic hydroxyl groups is 1. The number of anilines is 1. The van der Waals surface area contributed by atoms with E-state index < -0.39 is 11.9 Å². The molecule has 0 aliphatic heterocycles. The average molecular weight is 358 g/mol. The number of methoxy groups -OCH3 is 1. The summed E-state index contributed by atoms with van der Waals surface area (Å²) in [6, 6.07) is 7.77. The number of para-hydroxylation sites is 1. The van der Waals surface area contributed by atoms with Gasteiger partial charge in [0, 0.05) is 10.3 Å². The van der Waals surface area contributed by atoms with E-state index in [1.54, 1.807) is 25.1 Å². The lowest BCUT2D eigenvalue weighted by molar-refractivity contribution is 0.0602. The number of carbonyl (C=O) groups excluding carboxylic acids is 2. The van der Waals surface area contributed by atoms with E-state index in [0.29, 0.717) is 10.4 Å². The number of phenolic OH excluding ortho intramolecular Hbond substituents is 1. The van der Waals surface area contributed by atoms with Crippen molar-refractivity contribution in [2.45, 2.75) is 6.92 Å². The number of hydrogen-bond donors (Lipinski definition) is 3. The van der Waals surface area contributed by atoms with E-state index in [1.165, 1.54) is 30.6 Å². The minimum Gasteiger partial charge on any atom is -0.504 e. The zero-order chi connectivity index (χ0) is 18.1.